The average molecular weight is 396 g/mol. The number of hydrogen-bond acceptors (Lipinski definition) is 6. The van der Waals surface area contributed by atoms with Crippen LogP contribution < -0.4 is 9.47 Å². The first-order valence-electron chi connectivity index (χ1n) is 9.13. The fourth-order valence-corrected chi connectivity index (χ4v) is 3.33. The van der Waals surface area contributed by atoms with Gasteiger partial charge in [-0.25, -0.2) is 9.97 Å². The molecule has 0 amide bonds. The van der Waals surface area contributed by atoms with Gasteiger partial charge in [0.25, 0.3) is 0 Å². The van der Waals surface area contributed by atoms with Crippen LogP contribution in [-0.2, 0) is 33.6 Å². The summed E-state index contributed by atoms with van der Waals surface area (Å²) in [6, 6.07) is 0.963. The third kappa shape index (κ3) is 3.37. The Balaban J connectivity index is 1.63. The fourth-order valence-electron chi connectivity index (χ4n) is 3.33. The summed E-state index contributed by atoms with van der Waals surface area (Å²) in [5.74, 6) is 2.56. The van der Waals surface area contributed by atoms with Crippen molar-refractivity contribution in [3.05, 3.63) is 48.8 Å². The van der Waals surface area contributed by atoms with Crippen molar-refractivity contribution in [2.45, 2.75) is 19.3 Å². The summed E-state index contributed by atoms with van der Waals surface area (Å²) in [5.41, 5.74) is -0.504. The summed E-state index contributed by atoms with van der Waals surface area (Å²) < 4.78 is 19.1. The van der Waals surface area contributed by atoms with Crippen LogP contribution in [0.4, 0.5) is 0 Å². The predicted octanol–water partition coefficient (Wildman–Crippen LogP) is 2.53. The quantitative estimate of drug-likeness (QED) is 0.498. The minimum absolute atomic E-state index is 0.476. The maximum Gasteiger partial charge on any atom is 0.302 e. The van der Waals surface area contributed by atoms with Gasteiger partial charge < -0.3 is 27.7 Å². The van der Waals surface area contributed by atoms with Crippen LogP contribution >= 0.6 is 0 Å². The molecule has 10 heteroatoms. The van der Waals surface area contributed by atoms with Gasteiger partial charge in [0.05, 0.1) is 17.8 Å². The van der Waals surface area contributed by atoms with E-state index in [9.17, 15) is 0 Å². The summed E-state index contributed by atoms with van der Waals surface area (Å²) in [4.78, 5) is 17.7. The van der Waals surface area contributed by atoms with Crippen molar-refractivity contribution in [2.75, 3.05) is 0 Å². The number of hydrogen-bond donors (Lipinski definition) is 0. The molecule has 0 aliphatic heterocycles. The molecule has 0 N–H and O–H groups in total. The topological polar surface area (TPSA) is 89.7 Å². The summed E-state index contributed by atoms with van der Waals surface area (Å²) >= 11 is 0. The second-order valence-corrected chi connectivity index (χ2v) is 7.50. The molecule has 0 bridgehead atoms. The number of nitrogens with zero attached hydrogens (tertiary/aromatic N) is 8. The second kappa shape index (κ2) is 6.80. The van der Waals surface area contributed by atoms with Crippen LogP contribution in [0.3, 0.4) is 0 Å². The maximum atomic E-state index is 5.82. The van der Waals surface area contributed by atoms with E-state index < -0.39 is 5.41 Å². The van der Waals surface area contributed by atoms with Crippen LogP contribution in [0.15, 0.2) is 37.2 Å². The maximum absolute atomic E-state index is 5.82. The number of aryl methyl sites for hydroxylation is 4. The van der Waals surface area contributed by atoms with Gasteiger partial charge >= 0.3 is 12.0 Å². The minimum atomic E-state index is -0.504. The Kier molecular flexibility index (Phi) is 4.40. The Morgan fingerprint density at radius 3 is 1.45 bits per heavy atom. The number of aromatic nitrogens is 8. The molecular weight excluding hydrogens is 372 g/mol. The fraction of sp³-hybridized carbons (Fsp3) is 0.368. The number of imidazole rings is 4. The standard InChI is InChI=1S/C19H24N8O2/c1-19(2,15-22-13(11-26(15)5)28-17-20-7-9-24(17)3)16-23-14(12-27(16)6)29-18-21-8-10-25(18)4/h7-12H,1-6H3. The van der Waals surface area contributed by atoms with Crippen molar-refractivity contribution in [1.29, 1.82) is 0 Å². The number of rotatable bonds is 6. The van der Waals surface area contributed by atoms with Gasteiger partial charge in [-0.1, -0.05) is 0 Å². The Morgan fingerprint density at radius 2 is 1.10 bits per heavy atom. The van der Waals surface area contributed by atoms with Crippen LogP contribution in [0, 0.1) is 0 Å². The molecule has 0 saturated carbocycles. The van der Waals surface area contributed by atoms with E-state index >= 15 is 0 Å². The first kappa shape index (κ1) is 18.8. The van der Waals surface area contributed by atoms with Gasteiger partial charge in [-0.3, -0.25) is 0 Å². The second-order valence-electron chi connectivity index (χ2n) is 7.50. The largest absolute Gasteiger partial charge is 0.405 e. The van der Waals surface area contributed by atoms with Gasteiger partial charge in [-0.15, -0.1) is 0 Å². The normalized spacial score (nSPS) is 11.8. The zero-order chi connectivity index (χ0) is 20.8. The van der Waals surface area contributed by atoms with E-state index in [1.165, 1.54) is 0 Å². The predicted molar refractivity (Wildman–Crippen MR) is 105 cm³/mol. The highest BCUT2D eigenvalue weighted by Gasteiger charge is 2.33. The smallest absolute Gasteiger partial charge is 0.302 e. The number of ether oxygens (including phenoxy) is 2. The minimum Gasteiger partial charge on any atom is -0.405 e. The van der Waals surface area contributed by atoms with Crippen LogP contribution in [-0.4, -0.2) is 38.2 Å². The Bertz CT molecular complexity index is 1060. The lowest BCUT2D eigenvalue weighted by Gasteiger charge is -2.23. The molecule has 0 aromatic carbocycles. The molecule has 0 aliphatic rings. The SMILES string of the molecule is Cn1ccnc1Oc1cn(C)c(C(C)(C)c2nc(Oc3nccn3C)cn2C)n1. The zero-order valence-electron chi connectivity index (χ0n) is 17.4. The lowest BCUT2D eigenvalue weighted by molar-refractivity contribution is 0.406. The van der Waals surface area contributed by atoms with E-state index in [0.29, 0.717) is 23.8 Å². The highest BCUT2D eigenvalue weighted by atomic mass is 16.5. The molecule has 0 atom stereocenters. The Morgan fingerprint density at radius 1 is 0.690 bits per heavy atom. The van der Waals surface area contributed by atoms with Crippen molar-refractivity contribution < 1.29 is 9.47 Å². The van der Waals surface area contributed by atoms with Gasteiger partial charge in [0, 0.05) is 53.0 Å². The molecule has 4 aromatic rings. The van der Waals surface area contributed by atoms with E-state index in [0.717, 1.165) is 11.6 Å². The third-order valence-electron chi connectivity index (χ3n) is 4.77. The van der Waals surface area contributed by atoms with Crippen LogP contribution in [0.25, 0.3) is 0 Å². The molecule has 0 spiro atoms. The van der Waals surface area contributed by atoms with Crippen LogP contribution in [0.2, 0.25) is 0 Å². The van der Waals surface area contributed by atoms with E-state index in [1.54, 1.807) is 21.5 Å². The highest BCUT2D eigenvalue weighted by Crippen LogP contribution is 2.33. The van der Waals surface area contributed by atoms with Crippen LogP contribution in [0.5, 0.6) is 23.8 Å². The van der Waals surface area contributed by atoms with Crippen LogP contribution in [0.1, 0.15) is 25.5 Å². The molecule has 0 saturated heterocycles. The van der Waals surface area contributed by atoms with Crippen molar-refractivity contribution in [2.24, 2.45) is 28.2 Å². The molecule has 4 heterocycles. The average Bonchev–Trinajstić information content (AvgIpc) is 3.41. The molecule has 10 nitrogen and oxygen atoms in total. The van der Waals surface area contributed by atoms with Crippen molar-refractivity contribution in [1.82, 2.24) is 38.2 Å². The summed E-state index contributed by atoms with van der Waals surface area (Å²) in [5, 5.41) is 0. The lowest BCUT2D eigenvalue weighted by Crippen LogP contribution is -2.27. The zero-order valence-corrected chi connectivity index (χ0v) is 17.4. The van der Waals surface area contributed by atoms with E-state index in [2.05, 4.69) is 23.8 Å². The monoisotopic (exact) mass is 396 g/mol. The Hall–Kier alpha value is -3.56. The van der Waals surface area contributed by atoms with E-state index in [4.69, 9.17) is 19.4 Å². The molecule has 4 aromatic heterocycles. The van der Waals surface area contributed by atoms with E-state index in [1.807, 2.05) is 62.1 Å². The molecule has 152 valence electrons. The molecule has 0 unspecified atom stereocenters. The highest BCUT2D eigenvalue weighted by molar-refractivity contribution is 5.28. The lowest BCUT2D eigenvalue weighted by atomic mass is 9.91. The summed E-state index contributed by atoms with van der Waals surface area (Å²) in [7, 11) is 7.60. The van der Waals surface area contributed by atoms with Crippen molar-refractivity contribution in [3.63, 3.8) is 0 Å². The molecular formula is C19H24N8O2. The third-order valence-corrected chi connectivity index (χ3v) is 4.77. The Labute approximate surface area is 168 Å². The summed E-state index contributed by atoms with van der Waals surface area (Å²) in [6.07, 6.45) is 10.7. The van der Waals surface area contributed by atoms with Gasteiger partial charge in [-0.05, 0) is 13.8 Å². The van der Waals surface area contributed by atoms with Crippen molar-refractivity contribution in [3.8, 4) is 23.8 Å². The van der Waals surface area contributed by atoms with Gasteiger partial charge in [0.1, 0.15) is 11.6 Å². The molecule has 0 fully saturated rings. The van der Waals surface area contributed by atoms with E-state index in [-0.39, 0.29) is 0 Å². The molecule has 4 rings (SSSR count). The first-order valence-corrected chi connectivity index (χ1v) is 9.13. The summed E-state index contributed by atoms with van der Waals surface area (Å²) in [6.45, 7) is 4.12. The molecule has 0 aliphatic carbocycles. The molecule has 0 radical (unpaired) electrons. The first-order chi connectivity index (χ1) is 13.8. The van der Waals surface area contributed by atoms with Gasteiger partial charge in [0.2, 0.25) is 11.8 Å². The van der Waals surface area contributed by atoms with Crippen molar-refractivity contribution >= 4 is 0 Å². The van der Waals surface area contributed by atoms with Gasteiger partial charge in [-0.2, -0.15) is 9.97 Å². The molecule has 29 heavy (non-hydrogen) atoms. The van der Waals surface area contributed by atoms with Gasteiger partial charge in [0.15, 0.2) is 0 Å².